The molecule has 16 heavy (non-hydrogen) atoms. The van der Waals surface area contributed by atoms with Gasteiger partial charge < -0.3 is 20.9 Å². The van der Waals surface area contributed by atoms with Gasteiger partial charge in [0.2, 0.25) is 0 Å². The summed E-state index contributed by atoms with van der Waals surface area (Å²) in [6.45, 7) is 5.51. The molecule has 1 rings (SSSR count). The smallest absolute Gasteiger partial charge is 0.127 e. The molecule has 0 saturated heterocycles. The number of hydrogen-bond donors (Lipinski definition) is 2. The summed E-state index contributed by atoms with van der Waals surface area (Å²) in [4.78, 5) is 0. The first-order chi connectivity index (χ1) is 7.72. The van der Waals surface area contributed by atoms with Gasteiger partial charge in [0.25, 0.3) is 0 Å². The fraction of sp³-hybridized carbons (Fsp3) is 0.500. The van der Waals surface area contributed by atoms with E-state index in [1.165, 1.54) is 0 Å². The van der Waals surface area contributed by atoms with Crippen LogP contribution in [-0.4, -0.2) is 19.8 Å². The lowest BCUT2D eigenvalue weighted by molar-refractivity contribution is 0.319. The molecule has 0 spiro atoms. The van der Waals surface area contributed by atoms with E-state index in [0.717, 1.165) is 17.1 Å². The Morgan fingerprint density at radius 2 is 1.88 bits per heavy atom. The molecular weight excluding hydrogens is 204 g/mol. The van der Waals surface area contributed by atoms with Crippen LogP contribution >= 0.6 is 0 Å². The quantitative estimate of drug-likeness (QED) is 0.767. The zero-order chi connectivity index (χ0) is 12.0. The van der Waals surface area contributed by atoms with E-state index in [-0.39, 0.29) is 6.04 Å². The Hall–Kier alpha value is -1.26. The highest BCUT2D eigenvalue weighted by Gasteiger charge is 2.11. The lowest BCUT2D eigenvalue weighted by atomic mass is 10.1. The maximum Gasteiger partial charge on any atom is 0.127 e. The monoisotopic (exact) mass is 224 g/mol. The number of hydrogen-bond acceptors (Lipinski definition) is 4. The van der Waals surface area contributed by atoms with Crippen LogP contribution in [0.1, 0.15) is 25.5 Å². The van der Waals surface area contributed by atoms with Gasteiger partial charge in [0.15, 0.2) is 0 Å². The Balaban J connectivity index is 2.98. The summed E-state index contributed by atoms with van der Waals surface area (Å²) in [5.41, 5.74) is 12.4. The molecule has 0 fully saturated rings. The summed E-state index contributed by atoms with van der Waals surface area (Å²) in [6, 6.07) is 5.46. The molecule has 0 aliphatic heterocycles. The van der Waals surface area contributed by atoms with E-state index >= 15 is 0 Å². The molecule has 0 unspecified atom stereocenters. The van der Waals surface area contributed by atoms with Crippen molar-refractivity contribution in [3.8, 4) is 11.5 Å². The van der Waals surface area contributed by atoms with Crippen molar-refractivity contribution in [2.24, 2.45) is 11.5 Å². The number of rotatable bonds is 6. The largest absolute Gasteiger partial charge is 0.494 e. The minimum Gasteiger partial charge on any atom is -0.494 e. The minimum absolute atomic E-state index is 0.197. The predicted molar refractivity (Wildman–Crippen MR) is 64.8 cm³/mol. The SMILES string of the molecule is CCOc1ccc([C@H](N)CN)c(OCC)c1. The Morgan fingerprint density at radius 3 is 2.44 bits per heavy atom. The molecule has 0 bridgehead atoms. The van der Waals surface area contributed by atoms with E-state index in [1.54, 1.807) is 0 Å². The zero-order valence-electron chi connectivity index (χ0n) is 9.90. The van der Waals surface area contributed by atoms with Crippen LogP contribution in [0.2, 0.25) is 0 Å². The van der Waals surface area contributed by atoms with Gasteiger partial charge in [-0.25, -0.2) is 0 Å². The van der Waals surface area contributed by atoms with Crippen molar-refractivity contribution in [2.75, 3.05) is 19.8 Å². The van der Waals surface area contributed by atoms with E-state index in [1.807, 2.05) is 32.0 Å². The first-order valence-electron chi connectivity index (χ1n) is 5.58. The molecule has 0 heterocycles. The van der Waals surface area contributed by atoms with Crippen molar-refractivity contribution < 1.29 is 9.47 Å². The van der Waals surface area contributed by atoms with Crippen LogP contribution in [0, 0.1) is 0 Å². The number of benzene rings is 1. The lowest BCUT2D eigenvalue weighted by Gasteiger charge is -2.16. The molecular formula is C12H20N2O2. The second kappa shape index (κ2) is 6.35. The van der Waals surface area contributed by atoms with E-state index in [2.05, 4.69) is 0 Å². The van der Waals surface area contributed by atoms with E-state index in [0.29, 0.717) is 19.8 Å². The molecule has 0 aliphatic rings. The molecule has 0 aromatic heterocycles. The molecule has 0 saturated carbocycles. The third kappa shape index (κ3) is 3.12. The molecule has 1 aromatic carbocycles. The molecule has 0 amide bonds. The van der Waals surface area contributed by atoms with Gasteiger partial charge in [-0.2, -0.15) is 0 Å². The van der Waals surface area contributed by atoms with E-state index in [4.69, 9.17) is 20.9 Å². The van der Waals surface area contributed by atoms with Crippen molar-refractivity contribution in [2.45, 2.75) is 19.9 Å². The minimum atomic E-state index is -0.197. The van der Waals surface area contributed by atoms with Crippen molar-refractivity contribution >= 4 is 0 Å². The van der Waals surface area contributed by atoms with Crippen molar-refractivity contribution in [3.63, 3.8) is 0 Å². The van der Waals surface area contributed by atoms with Crippen LogP contribution in [0.15, 0.2) is 18.2 Å². The average Bonchev–Trinajstić information content (AvgIpc) is 2.29. The standard InChI is InChI=1S/C12H20N2O2/c1-3-15-9-5-6-10(11(14)8-13)12(7-9)16-4-2/h5-7,11H,3-4,8,13-14H2,1-2H3/t11-/m1/s1. The molecule has 4 N–H and O–H groups in total. The summed E-state index contributed by atoms with van der Waals surface area (Å²) in [5, 5.41) is 0. The summed E-state index contributed by atoms with van der Waals surface area (Å²) in [6.07, 6.45) is 0. The Morgan fingerprint density at radius 1 is 1.19 bits per heavy atom. The molecule has 0 radical (unpaired) electrons. The molecule has 1 aromatic rings. The summed E-state index contributed by atoms with van der Waals surface area (Å²) < 4.78 is 10.9. The molecule has 4 nitrogen and oxygen atoms in total. The summed E-state index contributed by atoms with van der Waals surface area (Å²) in [7, 11) is 0. The second-order valence-corrected chi connectivity index (χ2v) is 3.41. The third-order valence-corrected chi connectivity index (χ3v) is 2.25. The van der Waals surface area contributed by atoms with Crippen LogP contribution in [0.5, 0.6) is 11.5 Å². The van der Waals surface area contributed by atoms with Gasteiger partial charge in [0, 0.05) is 24.2 Å². The molecule has 1 atom stereocenters. The van der Waals surface area contributed by atoms with E-state index in [9.17, 15) is 0 Å². The second-order valence-electron chi connectivity index (χ2n) is 3.41. The van der Waals surface area contributed by atoms with Gasteiger partial charge >= 0.3 is 0 Å². The molecule has 4 heteroatoms. The first-order valence-corrected chi connectivity index (χ1v) is 5.58. The average molecular weight is 224 g/mol. The fourth-order valence-electron chi connectivity index (χ4n) is 1.48. The highest BCUT2D eigenvalue weighted by atomic mass is 16.5. The highest BCUT2D eigenvalue weighted by molar-refractivity contribution is 5.42. The highest BCUT2D eigenvalue weighted by Crippen LogP contribution is 2.28. The number of nitrogens with two attached hydrogens (primary N) is 2. The fourth-order valence-corrected chi connectivity index (χ4v) is 1.48. The maximum atomic E-state index is 5.90. The predicted octanol–water partition coefficient (Wildman–Crippen LogP) is 1.44. The Labute approximate surface area is 96.5 Å². The van der Waals surface area contributed by atoms with Crippen LogP contribution in [0.4, 0.5) is 0 Å². The van der Waals surface area contributed by atoms with Crippen LogP contribution < -0.4 is 20.9 Å². The van der Waals surface area contributed by atoms with Crippen LogP contribution in [-0.2, 0) is 0 Å². The topological polar surface area (TPSA) is 70.5 Å². The van der Waals surface area contributed by atoms with Gasteiger partial charge in [-0.15, -0.1) is 0 Å². The third-order valence-electron chi connectivity index (χ3n) is 2.25. The van der Waals surface area contributed by atoms with Gasteiger partial charge in [-0.05, 0) is 19.9 Å². The van der Waals surface area contributed by atoms with Gasteiger partial charge in [-0.3, -0.25) is 0 Å². The first kappa shape index (κ1) is 12.8. The summed E-state index contributed by atoms with van der Waals surface area (Å²) in [5.74, 6) is 1.55. The number of ether oxygens (including phenoxy) is 2. The van der Waals surface area contributed by atoms with Crippen molar-refractivity contribution in [1.29, 1.82) is 0 Å². The molecule has 0 aliphatic carbocycles. The normalized spacial score (nSPS) is 12.2. The van der Waals surface area contributed by atoms with Crippen molar-refractivity contribution in [1.82, 2.24) is 0 Å². The van der Waals surface area contributed by atoms with Gasteiger partial charge in [0.1, 0.15) is 11.5 Å². The Bertz CT molecular complexity index is 329. The molecule has 90 valence electrons. The zero-order valence-corrected chi connectivity index (χ0v) is 9.90. The lowest BCUT2D eigenvalue weighted by Crippen LogP contribution is -2.21. The van der Waals surface area contributed by atoms with Gasteiger partial charge in [-0.1, -0.05) is 6.07 Å². The van der Waals surface area contributed by atoms with E-state index < -0.39 is 0 Å². The van der Waals surface area contributed by atoms with Crippen molar-refractivity contribution in [3.05, 3.63) is 23.8 Å². The Kier molecular flexibility index (Phi) is 5.08. The van der Waals surface area contributed by atoms with Crippen LogP contribution in [0.3, 0.4) is 0 Å². The van der Waals surface area contributed by atoms with Crippen LogP contribution in [0.25, 0.3) is 0 Å². The maximum absolute atomic E-state index is 5.90. The summed E-state index contributed by atoms with van der Waals surface area (Å²) >= 11 is 0. The van der Waals surface area contributed by atoms with Gasteiger partial charge in [0.05, 0.1) is 13.2 Å².